The van der Waals surface area contributed by atoms with Gasteiger partial charge in [0, 0.05) is 12.5 Å². The Morgan fingerprint density at radius 2 is 1.81 bits per heavy atom. The van der Waals surface area contributed by atoms with E-state index in [1.165, 1.54) is 17.5 Å². The van der Waals surface area contributed by atoms with E-state index in [1.54, 1.807) is 0 Å². The minimum Gasteiger partial charge on any atom is -0.393 e. The Hall–Kier alpha value is -2.27. The van der Waals surface area contributed by atoms with E-state index < -0.39 is 0 Å². The normalized spacial score (nSPS) is 21.3. The van der Waals surface area contributed by atoms with E-state index in [2.05, 4.69) is 29.6 Å². The van der Waals surface area contributed by atoms with Crippen molar-refractivity contribution < 1.29 is 14.2 Å². The molecule has 3 aromatic carbocycles. The van der Waals surface area contributed by atoms with Gasteiger partial charge in [0.2, 0.25) is 0 Å². The maximum atomic E-state index is 13.3. The lowest BCUT2D eigenvalue weighted by Crippen LogP contribution is -2.42. The van der Waals surface area contributed by atoms with E-state index in [-0.39, 0.29) is 30.5 Å². The average Bonchev–Trinajstić information content (AvgIpc) is 2.72. The molecule has 0 bridgehead atoms. The zero-order valence-corrected chi connectivity index (χ0v) is 15.1. The van der Waals surface area contributed by atoms with Crippen molar-refractivity contribution in [3.63, 3.8) is 0 Å². The summed E-state index contributed by atoms with van der Waals surface area (Å²) in [5.41, 5.74) is 2.05. The smallest absolute Gasteiger partial charge is 0.123 e. The van der Waals surface area contributed by atoms with Crippen molar-refractivity contribution in [2.24, 2.45) is 0 Å². The van der Waals surface area contributed by atoms with Crippen LogP contribution in [-0.4, -0.2) is 30.9 Å². The number of hydrogen-bond donors (Lipinski definition) is 2. The van der Waals surface area contributed by atoms with E-state index in [0.717, 1.165) is 29.5 Å². The predicted octanol–water partition coefficient (Wildman–Crippen LogP) is 4.17. The number of hydrogen-bond acceptors (Lipinski definition) is 3. The average molecular weight is 365 g/mol. The van der Waals surface area contributed by atoms with Crippen LogP contribution in [0.5, 0.6) is 0 Å². The van der Waals surface area contributed by atoms with Crippen LogP contribution in [0.3, 0.4) is 0 Å². The summed E-state index contributed by atoms with van der Waals surface area (Å²) < 4.78 is 19.7. The number of piperidine rings is 1. The van der Waals surface area contributed by atoms with Gasteiger partial charge in [0.05, 0.1) is 12.7 Å². The molecule has 0 amide bonds. The maximum Gasteiger partial charge on any atom is 0.123 e. The summed E-state index contributed by atoms with van der Waals surface area (Å²) in [5.74, 6) is -0.0455. The highest BCUT2D eigenvalue weighted by molar-refractivity contribution is 5.83. The number of fused-ring (bicyclic) bond motifs is 1. The lowest BCUT2D eigenvalue weighted by Gasteiger charge is -2.35. The van der Waals surface area contributed by atoms with Crippen LogP contribution in [0.4, 0.5) is 4.39 Å². The molecule has 1 fully saturated rings. The largest absolute Gasteiger partial charge is 0.393 e. The first kappa shape index (κ1) is 18.1. The molecule has 3 aromatic rings. The van der Waals surface area contributed by atoms with Crippen LogP contribution in [-0.2, 0) is 4.74 Å². The molecule has 27 heavy (non-hydrogen) atoms. The van der Waals surface area contributed by atoms with Crippen molar-refractivity contribution in [2.75, 3.05) is 19.7 Å². The highest BCUT2D eigenvalue weighted by atomic mass is 19.1. The Morgan fingerprint density at radius 1 is 1.04 bits per heavy atom. The van der Waals surface area contributed by atoms with Crippen molar-refractivity contribution in [1.29, 1.82) is 0 Å². The Bertz CT molecular complexity index is 896. The zero-order chi connectivity index (χ0) is 18.6. The van der Waals surface area contributed by atoms with Crippen molar-refractivity contribution in [1.82, 2.24) is 5.32 Å². The van der Waals surface area contributed by atoms with E-state index >= 15 is 0 Å². The van der Waals surface area contributed by atoms with E-state index in [4.69, 9.17) is 4.74 Å². The van der Waals surface area contributed by atoms with Gasteiger partial charge in [-0.05, 0) is 53.1 Å². The Labute approximate surface area is 158 Å². The van der Waals surface area contributed by atoms with Gasteiger partial charge in [-0.1, -0.05) is 48.5 Å². The minimum atomic E-state index is -0.387. The van der Waals surface area contributed by atoms with Gasteiger partial charge in [0.1, 0.15) is 11.9 Å². The molecule has 1 aliphatic heterocycles. The first-order valence-corrected chi connectivity index (χ1v) is 9.46. The first-order chi connectivity index (χ1) is 13.2. The van der Waals surface area contributed by atoms with E-state index in [0.29, 0.717) is 6.54 Å². The number of aliphatic hydroxyl groups excluding tert-OH is 1. The molecule has 3 nitrogen and oxygen atoms in total. The third-order valence-electron chi connectivity index (χ3n) is 5.37. The summed E-state index contributed by atoms with van der Waals surface area (Å²) in [6.07, 6.45) is 0.460. The Morgan fingerprint density at radius 3 is 2.59 bits per heavy atom. The molecule has 1 heterocycles. The molecule has 0 aromatic heterocycles. The molecule has 0 radical (unpaired) electrons. The van der Waals surface area contributed by atoms with Crippen LogP contribution < -0.4 is 5.32 Å². The summed E-state index contributed by atoms with van der Waals surface area (Å²) in [6, 6.07) is 21.0. The third kappa shape index (κ3) is 4.03. The first-order valence-electron chi connectivity index (χ1n) is 9.46. The topological polar surface area (TPSA) is 41.5 Å². The van der Waals surface area contributed by atoms with Crippen LogP contribution in [0, 0.1) is 5.82 Å². The standard InChI is InChI=1S/C23H24FNO2/c24-20-9-7-17(8-10-20)21-11-12-25-14-22(21)27-23(15-26)19-6-5-16-3-1-2-4-18(16)13-19/h1-10,13,21-23,25-26H,11-12,14-15H2. The highest BCUT2D eigenvalue weighted by Crippen LogP contribution is 2.32. The van der Waals surface area contributed by atoms with Crippen LogP contribution in [0.15, 0.2) is 66.7 Å². The second-order valence-electron chi connectivity index (χ2n) is 7.10. The fraction of sp³-hybridized carbons (Fsp3) is 0.304. The molecule has 1 saturated heterocycles. The van der Waals surface area contributed by atoms with Gasteiger partial charge in [-0.15, -0.1) is 0 Å². The Balaban J connectivity index is 1.57. The monoisotopic (exact) mass is 365 g/mol. The molecular formula is C23H24FNO2. The van der Waals surface area contributed by atoms with E-state index in [9.17, 15) is 9.50 Å². The van der Waals surface area contributed by atoms with Crippen molar-refractivity contribution in [3.05, 3.63) is 83.7 Å². The summed E-state index contributed by atoms with van der Waals surface area (Å²) in [7, 11) is 0. The number of aliphatic hydroxyl groups is 1. The molecule has 0 saturated carbocycles. The number of halogens is 1. The molecule has 0 aliphatic carbocycles. The number of ether oxygens (including phenoxy) is 1. The fourth-order valence-electron chi connectivity index (χ4n) is 3.91. The molecular weight excluding hydrogens is 341 g/mol. The van der Waals surface area contributed by atoms with Gasteiger partial charge in [0.25, 0.3) is 0 Å². The Kier molecular flexibility index (Phi) is 5.48. The fourth-order valence-corrected chi connectivity index (χ4v) is 3.91. The van der Waals surface area contributed by atoms with Gasteiger partial charge in [-0.3, -0.25) is 0 Å². The van der Waals surface area contributed by atoms with Gasteiger partial charge in [-0.25, -0.2) is 4.39 Å². The van der Waals surface area contributed by atoms with Crippen LogP contribution in [0.25, 0.3) is 10.8 Å². The van der Waals surface area contributed by atoms with Crippen LogP contribution in [0.1, 0.15) is 29.6 Å². The summed E-state index contributed by atoms with van der Waals surface area (Å²) >= 11 is 0. The van der Waals surface area contributed by atoms with Crippen molar-refractivity contribution >= 4 is 10.8 Å². The lowest BCUT2D eigenvalue weighted by molar-refractivity contribution is -0.0586. The molecule has 140 valence electrons. The number of rotatable bonds is 5. The van der Waals surface area contributed by atoms with E-state index in [1.807, 2.05) is 30.3 Å². The summed E-state index contributed by atoms with van der Waals surface area (Å²) in [5, 5.41) is 15.7. The summed E-state index contributed by atoms with van der Waals surface area (Å²) in [6.45, 7) is 1.54. The van der Waals surface area contributed by atoms with Crippen LogP contribution in [0.2, 0.25) is 0 Å². The van der Waals surface area contributed by atoms with Crippen molar-refractivity contribution in [3.8, 4) is 0 Å². The maximum absolute atomic E-state index is 13.3. The molecule has 2 N–H and O–H groups in total. The summed E-state index contributed by atoms with van der Waals surface area (Å²) in [4.78, 5) is 0. The van der Waals surface area contributed by atoms with Crippen LogP contribution >= 0.6 is 0 Å². The second-order valence-corrected chi connectivity index (χ2v) is 7.10. The highest BCUT2D eigenvalue weighted by Gasteiger charge is 2.30. The van der Waals surface area contributed by atoms with Gasteiger partial charge in [0.15, 0.2) is 0 Å². The van der Waals surface area contributed by atoms with Crippen molar-refractivity contribution in [2.45, 2.75) is 24.5 Å². The molecule has 4 rings (SSSR count). The number of nitrogens with one attached hydrogen (secondary N) is 1. The predicted molar refractivity (Wildman–Crippen MR) is 105 cm³/mol. The molecule has 0 spiro atoms. The lowest BCUT2D eigenvalue weighted by atomic mass is 9.87. The zero-order valence-electron chi connectivity index (χ0n) is 15.1. The SMILES string of the molecule is OCC(OC1CNCCC1c1ccc(F)cc1)c1ccc2ccccc2c1. The quantitative estimate of drug-likeness (QED) is 0.713. The van der Waals surface area contributed by atoms with Gasteiger partial charge < -0.3 is 15.2 Å². The molecule has 3 unspecified atom stereocenters. The van der Waals surface area contributed by atoms with Gasteiger partial charge >= 0.3 is 0 Å². The molecule has 1 aliphatic rings. The molecule has 4 heteroatoms. The van der Waals surface area contributed by atoms with Gasteiger partial charge in [-0.2, -0.15) is 0 Å². The molecule has 3 atom stereocenters. The third-order valence-corrected chi connectivity index (χ3v) is 5.37. The second kappa shape index (κ2) is 8.17. The minimum absolute atomic E-state index is 0.0761. The number of benzene rings is 3.